The van der Waals surface area contributed by atoms with Crippen molar-refractivity contribution in [2.45, 2.75) is 19.3 Å². The van der Waals surface area contributed by atoms with Crippen LogP contribution in [-0.4, -0.2) is 0 Å². The lowest BCUT2D eigenvalue weighted by Crippen LogP contribution is -2.14. The minimum absolute atomic E-state index is 0.0377. The molecule has 0 radical (unpaired) electrons. The second kappa shape index (κ2) is 13.7. The van der Waals surface area contributed by atoms with Gasteiger partial charge in [0, 0.05) is 22.5 Å². The Kier molecular flexibility index (Phi) is 8.23. The van der Waals surface area contributed by atoms with E-state index in [1.807, 2.05) is 0 Å². The fourth-order valence-corrected chi connectivity index (χ4v) is 8.74. The Balaban J connectivity index is 1.03. The molecule has 0 saturated carbocycles. The van der Waals surface area contributed by atoms with Gasteiger partial charge in [-0.15, -0.1) is 0 Å². The third-order valence-corrected chi connectivity index (χ3v) is 11.7. The van der Waals surface area contributed by atoms with E-state index in [-0.39, 0.29) is 5.41 Å². The van der Waals surface area contributed by atoms with E-state index in [0.29, 0.717) is 0 Å². The highest BCUT2D eigenvalue weighted by atomic mass is 15.1. The van der Waals surface area contributed by atoms with Crippen LogP contribution >= 0.6 is 0 Å². The molecule has 0 unspecified atom stereocenters. The van der Waals surface area contributed by atoms with E-state index in [1.165, 1.54) is 77.5 Å². The number of nitrogens with zero attached hydrogens (tertiary/aromatic N) is 1. The summed E-state index contributed by atoms with van der Waals surface area (Å²) < 4.78 is 0. The molecule has 0 amide bonds. The topological polar surface area (TPSA) is 3.24 Å². The van der Waals surface area contributed by atoms with Crippen molar-refractivity contribution < 1.29 is 0 Å². The molecule has 0 fully saturated rings. The van der Waals surface area contributed by atoms with Crippen LogP contribution in [0.4, 0.5) is 17.1 Å². The molecule has 1 heteroatoms. The van der Waals surface area contributed by atoms with Crippen LogP contribution in [0.25, 0.3) is 66.4 Å². The number of hydrogen-bond donors (Lipinski definition) is 0. The van der Waals surface area contributed by atoms with Gasteiger partial charge in [-0.25, -0.2) is 0 Å². The molecule has 0 atom stereocenters. The summed E-state index contributed by atoms with van der Waals surface area (Å²) in [5.74, 6) is 0. The minimum atomic E-state index is -0.0377. The highest BCUT2D eigenvalue weighted by Gasteiger charge is 2.35. The molecular weight excluding hydrogens is 675 g/mol. The van der Waals surface area contributed by atoms with Crippen LogP contribution in [0.1, 0.15) is 25.0 Å². The first-order valence-electron chi connectivity index (χ1n) is 19.5. The molecule has 266 valence electrons. The number of hydrogen-bond acceptors (Lipinski definition) is 1. The normalized spacial score (nSPS) is 12.6. The molecule has 1 aliphatic rings. The van der Waals surface area contributed by atoms with Crippen molar-refractivity contribution in [1.29, 1.82) is 0 Å². The van der Waals surface area contributed by atoms with E-state index in [2.05, 4.69) is 231 Å². The number of rotatable bonds is 7. The lowest BCUT2D eigenvalue weighted by atomic mass is 9.81. The number of fused-ring (bicyclic) bond motifs is 4. The molecule has 0 spiro atoms. The maximum atomic E-state index is 2.40. The second-order valence-corrected chi connectivity index (χ2v) is 15.4. The van der Waals surface area contributed by atoms with Crippen molar-refractivity contribution in [3.05, 3.63) is 223 Å². The van der Waals surface area contributed by atoms with Crippen molar-refractivity contribution >= 4 is 27.8 Å². The van der Waals surface area contributed by atoms with Crippen LogP contribution < -0.4 is 4.90 Å². The zero-order valence-corrected chi connectivity index (χ0v) is 31.7. The van der Waals surface area contributed by atoms with Gasteiger partial charge >= 0.3 is 0 Å². The summed E-state index contributed by atoms with van der Waals surface area (Å²) in [6, 6.07) is 77.5. The molecular formula is C55H41N. The van der Waals surface area contributed by atoms with Crippen molar-refractivity contribution in [1.82, 2.24) is 0 Å². The quantitative estimate of drug-likeness (QED) is 0.159. The van der Waals surface area contributed by atoms with E-state index in [0.717, 1.165) is 17.1 Å². The van der Waals surface area contributed by atoms with E-state index < -0.39 is 0 Å². The first-order chi connectivity index (χ1) is 27.5. The van der Waals surface area contributed by atoms with Crippen LogP contribution in [0.3, 0.4) is 0 Å². The van der Waals surface area contributed by atoms with Gasteiger partial charge in [0.05, 0.1) is 0 Å². The molecule has 1 nitrogen and oxygen atoms in total. The van der Waals surface area contributed by atoms with Gasteiger partial charge in [-0.2, -0.15) is 0 Å². The van der Waals surface area contributed by atoms with E-state index in [1.54, 1.807) is 0 Å². The van der Waals surface area contributed by atoms with Crippen LogP contribution in [0, 0.1) is 0 Å². The van der Waals surface area contributed by atoms with E-state index in [4.69, 9.17) is 0 Å². The summed E-state index contributed by atoms with van der Waals surface area (Å²) in [7, 11) is 0. The first-order valence-corrected chi connectivity index (χ1v) is 19.5. The summed E-state index contributed by atoms with van der Waals surface area (Å²) in [6.07, 6.45) is 0. The van der Waals surface area contributed by atoms with Gasteiger partial charge in [0.25, 0.3) is 0 Å². The van der Waals surface area contributed by atoms with Gasteiger partial charge < -0.3 is 4.90 Å². The predicted molar refractivity (Wildman–Crippen MR) is 238 cm³/mol. The number of anilines is 3. The average molecular weight is 716 g/mol. The largest absolute Gasteiger partial charge is 0.310 e. The van der Waals surface area contributed by atoms with Crippen molar-refractivity contribution in [3.63, 3.8) is 0 Å². The molecule has 0 heterocycles. The van der Waals surface area contributed by atoms with Crippen LogP contribution in [0.5, 0.6) is 0 Å². The standard InChI is InChI=1S/C55H41N/c1-55(2)53-24-9-8-22-51(53)52-34-29-44(37-54(52)55)40-27-32-47(33-28-40)56(46-30-25-39(26-31-46)38-13-4-3-5-14-38)48-20-11-18-43(36-48)42-17-10-19-45(35-42)50-23-12-16-41-15-6-7-21-49(41)50/h3-37H,1-2H3. The molecule has 0 aromatic heterocycles. The molecule has 56 heavy (non-hydrogen) atoms. The lowest BCUT2D eigenvalue weighted by Gasteiger charge is -2.26. The molecule has 9 aromatic carbocycles. The highest BCUT2D eigenvalue weighted by molar-refractivity contribution is 5.97. The van der Waals surface area contributed by atoms with Gasteiger partial charge in [-0.05, 0) is 126 Å². The Hall–Kier alpha value is -6.96. The fraction of sp³-hybridized carbons (Fsp3) is 0.0545. The summed E-state index contributed by atoms with van der Waals surface area (Å²) in [5.41, 5.74) is 18.5. The van der Waals surface area contributed by atoms with Gasteiger partial charge in [0.1, 0.15) is 0 Å². The summed E-state index contributed by atoms with van der Waals surface area (Å²) in [4.78, 5) is 2.37. The first kappa shape index (κ1) is 33.6. The summed E-state index contributed by atoms with van der Waals surface area (Å²) in [6.45, 7) is 4.69. The van der Waals surface area contributed by atoms with Gasteiger partial charge in [0.15, 0.2) is 0 Å². The second-order valence-electron chi connectivity index (χ2n) is 15.4. The van der Waals surface area contributed by atoms with E-state index in [9.17, 15) is 0 Å². The molecule has 10 rings (SSSR count). The predicted octanol–water partition coefficient (Wildman–Crippen LogP) is 15.3. The van der Waals surface area contributed by atoms with Crippen molar-refractivity contribution in [3.8, 4) is 55.6 Å². The maximum absolute atomic E-state index is 2.40. The van der Waals surface area contributed by atoms with Crippen LogP contribution in [0.15, 0.2) is 212 Å². The molecule has 0 bridgehead atoms. The monoisotopic (exact) mass is 715 g/mol. The Morgan fingerprint density at radius 2 is 0.804 bits per heavy atom. The van der Waals surface area contributed by atoms with Crippen LogP contribution in [0.2, 0.25) is 0 Å². The smallest absolute Gasteiger partial charge is 0.0467 e. The van der Waals surface area contributed by atoms with Gasteiger partial charge in [0.2, 0.25) is 0 Å². The Morgan fingerprint density at radius 3 is 1.59 bits per heavy atom. The molecule has 0 saturated heterocycles. The average Bonchev–Trinajstić information content (AvgIpc) is 3.50. The fourth-order valence-electron chi connectivity index (χ4n) is 8.74. The summed E-state index contributed by atoms with van der Waals surface area (Å²) in [5, 5.41) is 2.52. The Labute approximate surface area is 329 Å². The highest BCUT2D eigenvalue weighted by Crippen LogP contribution is 2.49. The van der Waals surface area contributed by atoms with Gasteiger partial charge in [-0.3, -0.25) is 0 Å². The zero-order valence-electron chi connectivity index (χ0n) is 31.7. The third kappa shape index (κ3) is 5.90. The third-order valence-electron chi connectivity index (χ3n) is 11.7. The van der Waals surface area contributed by atoms with Crippen LogP contribution in [-0.2, 0) is 5.41 Å². The zero-order chi connectivity index (χ0) is 37.6. The van der Waals surface area contributed by atoms with Crippen molar-refractivity contribution in [2.75, 3.05) is 4.90 Å². The van der Waals surface area contributed by atoms with Crippen molar-refractivity contribution in [2.24, 2.45) is 0 Å². The molecule has 9 aromatic rings. The SMILES string of the molecule is CC1(C)c2ccccc2-c2ccc(-c3ccc(N(c4ccc(-c5ccccc5)cc4)c4cccc(-c5cccc(-c6cccc7ccccc67)c5)c4)cc3)cc21. The minimum Gasteiger partial charge on any atom is -0.310 e. The summed E-state index contributed by atoms with van der Waals surface area (Å²) >= 11 is 0. The maximum Gasteiger partial charge on any atom is 0.0467 e. The number of benzene rings is 9. The van der Waals surface area contributed by atoms with Gasteiger partial charge in [-0.1, -0.05) is 178 Å². The van der Waals surface area contributed by atoms with E-state index >= 15 is 0 Å². The molecule has 0 aliphatic heterocycles. The Bertz CT molecular complexity index is 2860. The Morgan fingerprint density at radius 1 is 0.304 bits per heavy atom. The lowest BCUT2D eigenvalue weighted by molar-refractivity contribution is 0.660. The molecule has 0 N–H and O–H groups in total. The molecule has 1 aliphatic carbocycles.